The molecule has 0 aliphatic heterocycles. The number of hydrogen-bond donors (Lipinski definition) is 2. The number of hydrogen-bond acceptors (Lipinski definition) is 4. The van der Waals surface area contributed by atoms with Crippen molar-refractivity contribution in [3.8, 4) is 5.75 Å². The van der Waals surface area contributed by atoms with Crippen LogP contribution in [0, 0.1) is 0 Å². The third-order valence-electron chi connectivity index (χ3n) is 2.84. The summed E-state index contributed by atoms with van der Waals surface area (Å²) < 4.78 is 5.62. The van der Waals surface area contributed by atoms with Crippen LogP contribution in [0.25, 0.3) is 0 Å². The lowest BCUT2D eigenvalue weighted by atomic mass is 10.0. The molecule has 4 nitrogen and oxygen atoms in total. The van der Waals surface area contributed by atoms with Gasteiger partial charge >= 0.3 is 0 Å². The maximum Gasteiger partial charge on any atom is 0.129 e. The SMILES string of the molecule is CC(C)Oc1ccc(C(NN)c2ccc(Cl)nc2)cc1. The topological polar surface area (TPSA) is 60.2 Å². The molecule has 3 N–H and O–H groups in total. The molecule has 0 saturated heterocycles. The van der Waals surface area contributed by atoms with Gasteiger partial charge in [0.15, 0.2) is 0 Å². The lowest BCUT2D eigenvalue weighted by Gasteiger charge is -2.17. The number of benzene rings is 1. The van der Waals surface area contributed by atoms with Gasteiger partial charge in [-0.2, -0.15) is 0 Å². The summed E-state index contributed by atoms with van der Waals surface area (Å²) in [5, 5.41) is 0.463. The first-order valence-corrected chi connectivity index (χ1v) is 6.82. The van der Waals surface area contributed by atoms with E-state index in [1.54, 1.807) is 12.3 Å². The molecule has 1 aromatic heterocycles. The largest absolute Gasteiger partial charge is 0.491 e. The van der Waals surface area contributed by atoms with Crippen molar-refractivity contribution in [2.24, 2.45) is 5.84 Å². The van der Waals surface area contributed by atoms with Crippen molar-refractivity contribution in [3.05, 3.63) is 58.9 Å². The minimum Gasteiger partial charge on any atom is -0.491 e. The molecule has 1 heterocycles. The summed E-state index contributed by atoms with van der Waals surface area (Å²) in [6.07, 6.45) is 1.87. The molecule has 1 atom stereocenters. The number of pyridine rings is 1. The molecule has 0 aliphatic carbocycles. The number of ether oxygens (including phenoxy) is 1. The van der Waals surface area contributed by atoms with E-state index in [0.29, 0.717) is 5.15 Å². The van der Waals surface area contributed by atoms with Crippen molar-refractivity contribution >= 4 is 11.6 Å². The second-order valence-corrected chi connectivity index (χ2v) is 5.14. The Morgan fingerprint density at radius 3 is 2.25 bits per heavy atom. The molecule has 20 heavy (non-hydrogen) atoms. The highest BCUT2D eigenvalue weighted by molar-refractivity contribution is 6.29. The number of nitrogens with two attached hydrogens (primary N) is 1. The molecule has 0 aliphatic rings. The van der Waals surface area contributed by atoms with Crippen LogP contribution in [0.4, 0.5) is 0 Å². The Bertz CT molecular complexity index is 540. The number of nitrogens with one attached hydrogen (secondary N) is 1. The summed E-state index contributed by atoms with van der Waals surface area (Å²) in [4.78, 5) is 4.08. The van der Waals surface area contributed by atoms with E-state index < -0.39 is 0 Å². The van der Waals surface area contributed by atoms with Gasteiger partial charge in [0, 0.05) is 6.20 Å². The van der Waals surface area contributed by atoms with Gasteiger partial charge in [-0.25, -0.2) is 10.4 Å². The molecule has 2 aromatic rings. The van der Waals surface area contributed by atoms with Crippen LogP contribution in [0.2, 0.25) is 5.15 Å². The summed E-state index contributed by atoms with van der Waals surface area (Å²) >= 11 is 5.80. The summed E-state index contributed by atoms with van der Waals surface area (Å²) in [5.74, 6) is 6.49. The number of rotatable bonds is 5. The number of hydrazine groups is 1. The van der Waals surface area contributed by atoms with E-state index in [0.717, 1.165) is 16.9 Å². The van der Waals surface area contributed by atoms with E-state index in [4.69, 9.17) is 22.2 Å². The fraction of sp³-hybridized carbons (Fsp3) is 0.267. The van der Waals surface area contributed by atoms with Gasteiger partial charge in [0.2, 0.25) is 0 Å². The van der Waals surface area contributed by atoms with Crippen LogP contribution in [-0.4, -0.2) is 11.1 Å². The van der Waals surface area contributed by atoms with Crippen molar-refractivity contribution in [1.29, 1.82) is 0 Å². The Labute approximate surface area is 123 Å². The van der Waals surface area contributed by atoms with Gasteiger partial charge in [-0.05, 0) is 43.2 Å². The Morgan fingerprint density at radius 2 is 1.75 bits per heavy atom. The average Bonchev–Trinajstić information content (AvgIpc) is 2.43. The highest BCUT2D eigenvalue weighted by atomic mass is 35.5. The molecule has 1 aromatic carbocycles. The molecular formula is C15H18ClN3O. The van der Waals surface area contributed by atoms with Gasteiger partial charge < -0.3 is 4.74 Å². The van der Waals surface area contributed by atoms with Crippen molar-refractivity contribution < 1.29 is 4.74 Å². The number of nitrogens with zero attached hydrogens (tertiary/aromatic N) is 1. The third-order valence-corrected chi connectivity index (χ3v) is 3.06. The molecular weight excluding hydrogens is 274 g/mol. The van der Waals surface area contributed by atoms with E-state index in [1.807, 2.05) is 44.2 Å². The molecule has 5 heteroatoms. The van der Waals surface area contributed by atoms with Crippen molar-refractivity contribution in [2.75, 3.05) is 0 Å². The van der Waals surface area contributed by atoms with E-state index in [9.17, 15) is 0 Å². The Hall–Kier alpha value is -1.62. The Kier molecular flexibility index (Phi) is 4.95. The van der Waals surface area contributed by atoms with Crippen LogP contribution in [0.15, 0.2) is 42.6 Å². The molecule has 0 fully saturated rings. The summed E-state index contributed by atoms with van der Waals surface area (Å²) in [7, 11) is 0. The molecule has 0 bridgehead atoms. The van der Waals surface area contributed by atoms with E-state index in [2.05, 4.69) is 10.4 Å². The first kappa shape index (κ1) is 14.8. The van der Waals surface area contributed by atoms with Gasteiger partial charge in [-0.15, -0.1) is 0 Å². The predicted molar refractivity (Wildman–Crippen MR) is 80.6 cm³/mol. The summed E-state index contributed by atoms with van der Waals surface area (Å²) in [6.45, 7) is 4.00. The van der Waals surface area contributed by atoms with Gasteiger partial charge in [0.05, 0.1) is 12.1 Å². The average molecular weight is 292 g/mol. The van der Waals surface area contributed by atoms with Crippen molar-refractivity contribution in [1.82, 2.24) is 10.4 Å². The molecule has 0 amide bonds. The molecule has 0 saturated carbocycles. The molecule has 106 valence electrons. The second kappa shape index (κ2) is 6.70. The van der Waals surface area contributed by atoms with E-state index >= 15 is 0 Å². The van der Waals surface area contributed by atoms with Gasteiger partial charge in [-0.1, -0.05) is 29.8 Å². The zero-order valence-electron chi connectivity index (χ0n) is 11.5. The first-order chi connectivity index (χ1) is 9.60. The standard InChI is InChI=1S/C15H18ClN3O/c1-10(2)20-13-6-3-11(4-7-13)15(19-17)12-5-8-14(16)18-9-12/h3-10,15,19H,17H2,1-2H3. The quantitative estimate of drug-likeness (QED) is 0.505. The molecule has 1 unspecified atom stereocenters. The fourth-order valence-electron chi connectivity index (χ4n) is 1.95. The van der Waals surface area contributed by atoms with Crippen LogP contribution >= 0.6 is 11.6 Å². The first-order valence-electron chi connectivity index (χ1n) is 6.44. The Morgan fingerprint density at radius 1 is 1.10 bits per heavy atom. The van der Waals surface area contributed by atoms with Crippen LogP contribution in [0.3, 0.4) is 0 Å². The lowest BCUT2D eigenvalue weighted by Crippen LogP contribution is -2.28. The van der Waals surface area contributed by atoms with Crippen molar-refractivity contribution in [2.45, 2.75) is 26.0 Å². The molecule has 0 spiro atoms. The van der Waals surface area contributed by atoms with Crippen LogP contribution in [0.5, 0.6) is 5.75 Å². The summed E-state index contributed by atoms with van der Waals surface area (Å²) in [6, 6.07) is 11.4. The Balaban J connectivity index is 2.21. The zero-order chi connectivity index (χ0) is 14.5. The van der Waals surface area contributed by atoms with E-state index in [1.165, 1.54) is 0 Å². The minimum atomic E-state index is -0.132. The predicted octanol–water partition coefficient (Wildman–Crippen LogP) is 3.07. The van der Waals surface area contributed by atoms with Crippen molar-refractivity contribution in [3.63, 3.8) is 0 Å². The van der Waals surface area contributed by atoms with Gasteiger partial charge in [0.25, 0.3) is 0 Å². The lowest BCUT2D eigenvalue weighted by molar-refractivity contribution is 0.242. The number of halogens is 1. The smallest absolute Gasteiger partial charge is 0.129 e. The highest BCUT2D eigenvalue weighted by Crippen LogP contribution is 2.24. The van der Waals surface area contributed by atoms with Crippen LogP contribution in [-0.2, 0) is 0 Å². The zero-order valence-corrected chi connectivity index (χ0v) is 12.3. The van der Waals surface area contributed by atoms with Crippen LogP contribution < -0.4 is 16.0 Å². The number of aromatic nitrogens is 1. The maximum absolute atomic E-state index is 5.80. The van der Waals surface area contributed by atoms with Gasteiger partial charge in [0.1, 0.15) is 10.9 Å². The molecule has 2 rings (SSSR count). The summed E-state index contributed by atoms with van der Waals surface area (Å²) in [5.41, 5.74) is 4.78. The molecule has 0 radical (unpaired) electrons. The monoisotopic (exact) mass is 291 g/mol. The highest BCUT2D eigenvalue weighted by Gasteiger charge is 2.13. The maximum atomic E-state index is 5.80. The van der Waals surface area contributed by atoms with Gasteiger partial charge in [-0.3, -0.25) is 5.84 Å². The fourth-order valence-corrected chi connectivity index (χ4v) is 2.07. The minimum absolute atomic E-state index is 0.132. The van der Waals surface area contributed by atoms with Crippen LogP contribution in [0.1, 0.15) is 31.0 Å². The second-order valence-electron chi connectivity index (χ2n) is 4.75. The van der Waals surface area contributed by atoms with E-state index in [-0.39, 0.29) is 12.1 Å². The normalized spacial score (nSPS) is 12.4. The third kappa shape index (κ3) is 3.70.